The summed E-state index contributed by atoms with van der Waals surface area (Å²) in [6.07, 6.45) is 1.54. The molecule has 1 aliphatic heterocycles. The molecule has 0 bridgehead atoms. The molecule has 9 heavy (non-hydrogen) atoms. The fourth-order valence-corrected chi connectivity index (χ4v) is 0.704. The third-order valence-corrected chi connectivity index (χ3v) is 1.12. The Morgan fingerprint density at radius 2 is 2.67 bits per heavy atom. The SMILES string of the molecule is NCCN1C=NC(=O)C1. The first-order valence-corrected chi connectivity index (χ1v) is 2.84. The summed E-state index contributed by atoms with van der Waals surface area (Å²) >= 11 is 0. The second-order valence-electron chi connectivity index (χ2n) is 1.90. The molecule has 0 saturated carbocycles. The molecule has 0 unspecified atom stereocenters. The summed E-state index contributed by atoms with van der Waals surface area (Å²) in [7, 11) is 0. The van der Waals surface area contributed by atoms with Crippen LogP contribution in [0, 0.1) is 0 Å². The van der Waals surface area contributed by atoms with Crippen LogP contribution >= 0.6 is 0 Å². The number of carbonyl (C=O) groups is 1. The maximum Gasteiger partial charge on any atom is 0.266 e. The molecule has 4 nitrogen and oxygen atoms in total. The van der Waals surface area contributed by atoms with E-state index in [1.807, 2.05) is 0 Å². The zero-order valence-electron chi connectivity index (χ0n) is 5.08. The van der Waals surface area contributed by atoms with E-state index in [-0.39, 0.29) is 5.91 Å². The molecule has 0 atom stereocenters. The Bertz CT molecular complexity index is 143. The molecule has 50 valence electrons. The Kier molecular flexibility index (Phi) is 1.79. The lowest BCUT2D eigenvalue weighted by Crippen LogP contribution is -2.27. The standard InChI is InChI=1S/C5H9N3O/c6-1-2-8-3-5(9)7-4-8/h4H,1-3,6H2. The maximum atomic E-state index is 10.4. The lowest BCUT2D eigenvalue weighted by atomic mass is 10.5. The Labute approximate surface area is 53.3 Å². The Balaban J connectivity index is 2.32. The molecule has 1 aliphatic rings. The van der Waals surface area contributed by atoms with Crippen LogP contribution in [0.4, 0.5) is 0 Å². The molecule has 0 spiro atoms. The van der Waals surface area contributed by atoms with E-state index >= 15 is 0 Å². The number of carbonyl (C=O) groups excluding carboxylic acids is 1. The van der Waals surface area contributed by atoms with Crippen LogP contribution in [0.15, 0.2) is 4.99 Å². The molecule has 4 heteroatoms. The topological polar surface area (TPSA) is 58.7 Å². The summed E-state index contributed by atoms with van der Waals surface area (Å²) in [5, 5.41) is 0. The highest BCUT2D eigenvalue weighted by atomic mass is 16.1. The number of hydrogen-bond donors (Lipinski definition) is 1. The molecular weight excluding hydrogens is 118 g/mol. The number of nitrogens with zero attached hydrogens (tertiary/aromatic N) is 2. The van der Waals surface area contributed by atoms with Crippen molar-refractivity contribution >= 4 is 12.2 Å². The number of aliphatic imine (C=N–C) groups is 1. The van der Waals surface area contributed by atoms with Gasteiger partial charge in [-0.05, 0) is 0 Å². The second-order valence-corrected chi connectivity index (χ2v) is 1.90. The smallest absolute Gasteiger partial charge is 0.266 e. The van der Waals surface area contributed by atoms with E-state index in [1.54, 1.807) is 4.90 Å². The van der Waals surface area contributed by atoms with Crippen LogP contribution in [0.25, 0.3) is 0 Å². The monoisotopic (exact) mass is 127 g/mol. The van der Waals surface area contributed by atoms with Gasteiger partial charge in [0, 0.05) is 13.1 Å². The van der Waals surface area contributed by atoms with Gasteiger partial charge in [-0.15, -0.1) is 0 Å². The van der Waals surface area contributed by atoms with Gasteiger partial charge < -0.3 is 10.6 Å². The lowest BCUT2D eigenvalue weighted by molar-refractivity contribution is -0.117. The first-order chi connectivity index (χ1) is 4.33. The predicted molar refractivity (Wildman–Crippen MR) is 34.1 cm³/mol. The number of hydrogen-bond acceptors (Lipinski definition) is 3. The number of amides is 1. The van der Waals surface area contributed by atoms with Gasteiger partial charge in [-0.1, -0.05) is 0 Å². The number of nitrogens with two attached hydrogens (primary N) is 1. The first kappa shape index (κ1) is 6.22. The fraction of sp³-hybridized carbons (Fsp3) is 0.600. The van der Waals surface area contributed by atoms with Crippen molar-refractivity contribution in [2.24, 2.45) is 10.7 Å². The summed E-state index contributed by atoms with van der Waals surface area (Å²) in [6.45, 7) is 1.69. The minimum atomic E-state index is -0.0801. The highest BCUT2D eigenvalue weighted by Crippen LogP contribution is 1.92. The van der Waals surface area contributed by atoms with Gasteiger partial charge >= 0.3 is 0 Å². The molecule has 2 N–H and O–H groups in total. The van der Waals surface area contributed by atoms with Gasteiger partial charge in [0.15, 0.2) is 0 Å². The van der Waals surface area contributed by atoms with Crippen molar-refractivity contribution in [3.05, 3.63) is 0 Å². The maximum absolute atomic E-state index is 10.4. The molecule has 0 aromatic carbocycles. The van der Waals surface area contributed by atoms with Crippen LogP contribution in [0.5, 0.6) is 0 Å². The summed E-state index contributed by atoms with van der Waals surface area (Å²) < 4.78 is 0. The van der Waals surface area contributed by atoms with Crippen molar-refractivity contribution in [3.63, 3.8) is 0 Å². The Morgan fingerprint density at radius 1 is 1.89 bits per heavy atom. The lowest BCUT2D eigenvalue weighted by Gasteiger charge is -2.08. The zero-order chi connectivity index (χ0) is 6.69. The van der Waals surface area contributed by atoms with Crippen molar-refractivity contribution < 1.29 is 4.79 Å². The van der Waals surface area contributed by atoms with Gasteiger partial charge in [0.25, 0.3) is 5.91 Å². The minimum Gasteiger partial charge on any atom is -0.352 e. The van der Waals surface area contributed by atoms with E-state index in [0.717, 1.165) is 6.54 Å². The van der Waals surface area contributed by atoms with Crippen LogP contribution in [-0.4, -0.2) is 36.8 Å². The van der Waals surface area contributed by atoms with Crippen molar-refractivity contribution in [3.8, 4) is 0 Å². The van der Waals surface area contributed by atoms with Crippen molar-refractivity contribution in [2.75, 3.05) is 19.6 Å². The molecule has 0 radical (unpaired) electrons. The third kappa shape index (κ3) is 1.50. The zero-order valence-corrected chi connectivity index (χ0v) is 5.08. The van der Waals surface area contributed by atoms with Crippen LogP contribution in [0.2, 0.25) is 0 Å². The number of rotatable bonds is 2. The summed E-state index contributed by atoms with van der Waals surface area (Å²) in [4.78, 5) is 15.8. The average Bonchev–Trinajstić information content (AvgIpc) is 2.17. The molecule has 1 heterocycles. The predicted octanol–water partition coefficient (Wildman–Crippen LogP) is -1.18. The van der Waals surface area contributed by atoms with E-state index in [9.17, 15) is 4.79 Å². The molecule has 0 aromatic heterocycles. The third-order valence-electron chi connectivity index (χ3n) is 1.12. The normalized spacial score (nSPS) is 17.4. The second kappa shape index (κ2) is 2.59. The van der Waals surface area contributed by atoms with Gasteiger partial charge in [0.1, 0.15) is 6.54 Å². The van der Waals surface area contributed by atoms with E-state index in [4.69, 9.17) is 5.73 Å². The summed E-state index contributed by atoms with van der Waals surface area (Å²) in [5.74, 6) is -0.0801. The molecule has 0 saturated heterocycles. The van der Waals surface area contributed by atoms with Crippen LogP contribution in [0.3, 0.4) is 0 Å². The Morgan fingerprint density at radius 3 is 3.11 bits per heavy atom. The van der Waals surface area contributed by atoms with Gasteiger partial charge in [-0.3, -0.25) is 4.79 Å². The van der Waals surface area contributed by atoms with Crippen LogP contribution in [0.1, 0.15) is 0 Å². The average molecular weight is 127 g/mol. The quantitative estimate of drug-likeness (QED) is 0.507. The highest BCUT2D eigenvalue weighted by molar-refractivity contribution is 5.91. The minimum absolute atomic E-state index is 0.0801. The molecule has 0 aliphatic carbocycles. The van der Waals surface area contributed by atoms with E-state index in [2.05, 4.69) is 4.99 Å². The fourth-order valence-electron chi connectivity index (χ4n) is 0.704. The van der Waals surface area contributed by atoms with Crippen LogP contribution < -0.4 is 5.73 Å². The Hall–Kier alpha value is -0.900. The van der Waals surface area contributed by atoms with Crippen molar-refractivity contribution in [1.29, 1.82) is 0 Å². The molecule has 0 aromatic rings. The van der Waals surface area contributed by atoms with Crippen LogP contribution in [-0.2, 0) is 4.79 Å². The van der Waals surface area contributed by atoms with E-state index in [1.165, 1.54) is 6.34 Å². The molecule has 0 fully saturated rings. The largest absolute Gasteiger partial charge is 0.352 e. The molecule has 1 rings (SSSR count). The van der Waals surface area contributed by atoms with Gasteiger partial charge in [0.2, 0.25) is 0 Å². The molecular formula is C5H9N3O. The highest BCUT2D eigenvalue weighted by Gasteiger charge is 2.10. The van der Waals surface area contributed by atoms with Crippen molar-refractivity contribution in [2.45, 2.75) is 0 Å². The van der Waals surface area contributed by atoms with E-state index < -0.39 is 0 Å². The van der Waals surface area contributed by atoms with Gasteiger partial charge in [-0.25, -0.2) is 4.99 Å². The first-order valence-electron chi connectivity index (χ1n) is 2.84. The van der Waals surface area contributed by atoms with Gasteiger partial charge in [-0.2, -0.15) is 0 Å². The van der Waals surface area contributed by atoms with Gasteiger partial charge in [0.05, 0.1) is 6.34 Å². The van der Waals surface area contributed by atoms with Crippen molar-refractivity contribution in [1.82, 2.24) is 4.90 Å². The van der Waals surface area contributed by atoms with E-state index in [0.29, 0.717) is 13.1 Å². The summed E-state index contributed by atoms with van der Waals surface area (Å²) in [5.41, 5.74) is 5.24. The molecule has 1 amide bonds. The summed E-state index contributed by atoms with van der Waals surface area (Å²) in [6, 6.07) is 0.